The van der Waals surface area contributed by atoms with Gasteiger partial charge in [-0.15, -0.1) is 0 Å². The summed E-state index contributed by atoms with van der Waals surface area (Å²) in [4.78, 5) is 10.1. The molecular weight excluding hydrogens is 480 g/mol. The molecule has 0 fully saturated rings. The van der Waals surface area contributed by atoms with Gasteiger partial charge < -0.3 is 4.57 Å². The summed E-state index contributed by atoms with van der Waals surface area (Å²) < 4.78 is 8.97. The van der Waals surface area contributed by atoms with Gasteiger partial charge in [-0.1, -0.05) is 60.7 Å². The molecule has 0 aliphatic rings. The summed E-state index contributed by atoms with van der Waals surface area (Å²) in [7, 11) is 2.10. The van der Waals surface area contributed by atoms with E-state index in [-0.39, 0.29) is 0 Å². The third kappa shape index (κ3) is 2.64. The number of hydrogen-bond acceptors (Lipinski definition) is 2. The van der Waals surface area contributed by atoms with E-state index in [0.29, 0.717) is 0 Å². The summed E-state index contributed by atoms with van der Waals surface area (Å²) >= 11 is 0. The smallest absolute Gasteiger partial charge is 0.220 e. The molecule has 6 nitrogen and oxygen atoms in total. The van der Waals surface area contributed by atoms with Crippen LogP contribution in [0.15, 0.2) is 115 Å². The number of benzene rings is 5. The van der Waals surface area contributed by atoms with Crippen LogP contribution in [0.4, 0.5) is 0 Å². The van der Waals surface area contributed by atoms with Gasteiger partial charge in [0, 0.05) is 18.3 Å². The van der Waals surface area contributed by atoms with Crippen LogP contribution in [0.1, 0.15) is 0 Å². The molecular formula is C33H22N6. The van der Waals surface area contributed by atoms with Gasteiger partial charge in [-0.05, 0) is 60.2 Å². The normalized spacial score (nSPS) is 12.2. The minimum atomic E-state index is 0.913. The molecule has 0 spiro atoms. The van der Waals surface area contributed by atoms with E-state index in [9.17, 15) is 0 Å². The minimum absolute atomic E-state index is 0.913. The average Bonchev–Trinajstić information content (AvgIpc) is 3.70. The lowest BCUT2D eigenvalue weighted by molar-refractivity contribution is 0.974. The fourth-order valence-corrected chi connectivity index (χ4v) is 6.28. The Balaban J connectivity index is 1.33. The summed E-state index contributed by atoms with van der Waals surface area (Å²) in [6, 6.07) is 40.4. The Bertz CT molecular complexity index is 2400. The summed E-state index contributed by atoms with van der Waals surface area (Å²) in [5, 5.41) is 0. The minimum Gasteiger partial charge on any atom is -0.312 e. The fraction of sp³-hybridized carbons (Fsp3) is 0.0303. The molecule has 0 aliphatic carbocycles. The molecule has 0 radical (unpaired) electrons. The highest BCUT2D eigenvalue weighted by molar-refractivity contribution is 6.00. The third-order valence-corrected chi connectivity index (χ3v) is 7.96. The molecule has 0 aliphatic heterocycles. The number of aromatic nitrogens is 6. The average molecular weight is 503 g/mol. The predicted octanol–water partition coefficient (Wildman–Crippen LogP) is 7.39. The summed E-state index contributed by atoms with van der Waals surface area (Å²) in [5.74, 6) is 1.85. The van der Waals surface area contributed by atoms with E-state index >= 15 is 0 Å². The molecule has 0 saturated carbocycles. The van der Waals surface area contributed by atoms with Crippen LogP contribution in [0.3, 0.4) is 0 Å². The van der Waals surface area contributed by atoms with E-state index < -0.39 is 0 Å². The SMILES string of the molecule is Cn1c2c(-c3ccc4c(c3)nc3n(-c5ccccc5)c5ccccc5n43)cccc2n2c3ccccc3nc12. The first-order valence-corrected chi connectivity index (χ1v) is 13.1. The van der Waals surface area contributed by atoms with Gasteiger partial charge in [0.1, 0.15) is 0 Å². The summed E-state index contributed by atoms with van der Waals surface area (Å²) in [6.45, 7) is 0. The van der Waals surface area contributed by atoms with Gasteiger partial charge in [0.2, 0.25) is 11.6 Å². The van der Waals surface area contributed by atoms with Crippen molar-refractivity contribution in [2.24, 2.45) is 7.05 Å². The van der Waals surface area contributed by atoms with Crippen molar-refractivity contribution in [1.82, 2.24) is 27.9 Å². The Kier molecular flexibility index (Phi) is 3.90. The van der Waals surface area contributed by atoms with E-state index in [2.05, 4.69) is 128 Å². The zero-order valence-electron chi connectivity index (χ0n) is 21.2. The van der Waals surface area contributed by atoms with E-state index in [4.69, 9.17) is 9.97 Å². The second-order valence-corrected chi connectivity index (χ2v) is 10.1. The highest BCUT2D eigenvalue weighted by atomic mass is 15.2. The molecule has 184 valence electrons. The monoisotopic (exact) mass is 502 g/mol. The second-order valence-electron chi connectivity index (χ2n) is 10.1. The van der Waals surface area contributed by atoms with Gasteiger partial charge in [0.05, 0.1) is 44.1 Å². The Morgan fingerprint density at radius 1 is 0.513 bits per heavy atom. The Labute approximate surface area is 222 Å². The van der Waals surface area contributed by atoms with Crippen LogP contribution in [0.2, 0.25) is 0 Å². The van der Waals surface area contributed by atoms with Gasteiger partial charge in [-0.2, -0.15) is 0 Å². The van der Waals surface area contributed by atoms with Crippen LogP contribution in [0.5, 0.6) is 0 Å². The third-order valence-electron chi connectivity index (χ3n) is 7.96. The largest absolute Gasteiger partial charge is 0.312 e. The van der Waals surface area contributed by atoms with Crippen molar-refractivity contribution in [3.63, 3.8) is 0 Å². The standard InChI is InChI=1S/C33H22N6/c1-36-31-23(12-9-17-30(31)39-26-14-6-5-13-24(26)34-32(36)39)21-18-19-27-25(20-21)35-33-37(22-10-3-2-4-11-22)28-15-7-8-16-29(28)38(27)33/h2-20H,1H3. The van der Waals surface area contributed by atoms with Crippen molar-refractivity contribution in [3.05, 3.63) is 115 Å². The van der Waals surface area contributed by atoms with E-state index in [1.807, 2.05) is 12.1 Å². The van der Waals surface area contributed by atoms with Gasteiger partial charge in [-0.25, -0.2) is 9.97 Å². The highest BCUT2D eigenvalue weighted by Gasteiger charge is 2.20. The van der Waals surface area contributed by atoms with Crippen molar-refractivity contribution in [2.75, 3.05) is 0 Å². The summed E-state index contributed by atoms with van der Waals surface area (Å²) in [6.07, 6.45) is 0. The van der Waals surface area contributed by atoms with Gasteiger partial charge in [-0.3, -0.25) is 13.4 Å². The van der Waals surface area contributed by atoms with Gasteiger partial charge in [0.15, 0.2) is 0 Å². The maximum Gasteiger partial charge on any atom is 0.220 e. The van der Waals surface area contributed by atoms with Crippen LogP contribution in [-0.4, -0.2) is 27.9 Å². The van der Waals surface area contributed by atoms with Crippen LogP contribution < -0.4 is 0 Å². The first-order chi connectivity index (χ1) is 19.3. The van der Waals surface area contributed by atoms with Crippen molar-refractivity contribution >= 4 is 55.7 Å². The zero-order valence-corrected chi connectivity index (χ0v) is 21.2. The van der Waals surface area contributed by atoms with Crippen molar-refractivity contribution in [1.29, 1.82) is 0 Å². The molecule has 6 heteroatoms. The number of fused-ring (bicyclic) bond motifs is 10. The van der Waals surface area contributed by atoms with E-state index in [1.165, 1.54) is 5.56 Å². The molecule has 4 heterocycles. The lowest BCUT2D eigenvalue weighted by Crippen LogP contribution is -1.94. The highest BCUT2D eigenvalue weighted by Crippen LogP contribution is 2.35. The second kappa shape index (κ2) is 7.36. The molecule has 0 bridgehead atoms. The predicted molar refractivity (Wildman–Crippen MR) is 158 cm³/mol. The molecule has 0 N–H and O–H groups in total. The van der Waals surface area contributed by atoms with E-state index in [1.54, 1.807) is 0 Å². The molecule has 0 atom stereocenters. The van der Waals surface area contributed by atoms with Crippen LogP contribution in [-0.2, 0) is 7.05 Å². The summed E-state index contributed by atoms with van der Waals surface area (Å²) in [5.41, 5.74) is 12.2. The molecule has 5 aromatic carbocycles. The molecule has 39 heavy (non-hydrogen) atoms. The van der Waals surface area contributed by atoms with E-state index in [0.717, 1.165) is 66.9 Å². The Morgan fingerprint density at radius 2 is 1.18 bits per heavy atom. The number of aryl methyl sites for hydroxylation is 1. The van der Waals surface area contributed by atoms with Crippen molar-refractivity contribution < 1.29 is 0 Å². The van der Waals surface area contributed by atoms with Gasteiger partial charge >= 0.3 is 0 Å². The van der Waals surface area contributed by atoms with Crippen LogP contribution in [0.25, 0.3) is 72.5 Å². The van der Waals surface area contributed by atoms with Crippen LogP contribution in [0, 0.1) is 0 Å². The molecule has 4 aromatic heterocycles. The Morgan fingerprint density at radius 3 is 2.05 bits per heavy atom. The number of nitrogens with zero attached hydrogens (tertiary/aromatic N) is 6. The molecule has 0 unspecified atom stereocenters. The number of imidazole rings is 4. The maximum atomic E-state index is 5.19. The molecule has 0 saturated heterocycles. The van der Waals surface area contributed by atoms with Gasteiger partial charge in [0.25, 0.3) is 0 Å². The first-order valence-electron chi connectivity index (χ1n) is 13.1. The van der Waals surface area contributed by atoms with Crippen LogP contribution >= 0.6 is 0 Å². The number of rotatable bonds is 2. The van der Waals surface area contributed by atoms with Crippen molar-refractivity contribution in [2.45, 2.75) is 0 Å². The quantitative estimate of drug-likeness (QED) is 0.247. The molecule has 0 amide bonds. The number of para-hydroxylation sites is 6. The Hall–Kier alpha value is -5.36. The molecule has 9 rings (SSSR count). The zero-order chi connectivity index (χ0) is 25.7. The lowest BCUT2D eigenvalue weighted by Gasteiger charge is -2.07. The molecule has 9 aromatic rings. The van der Waals surface area contributed by atoms with Crippen molar-refractivity contribution in [3.8, 4) is 16.8 Å². The maximum absolute atomic E-state index is 5.19. The fourth-order valence-electron chi connectivity index (χ4n) is 6.28. The first kappa shape index (κ1) is 20.7. The number of hydrogen-bond donors (Lipinski definition) is 0. The topological polar surface area (TPSA) is 44.5 Å². The lowest BCUT2D eigenvalue weighted by atomic mass is 10.0.